The van der Waals surface area contributed by atoms with Crippen molar-refractivity contribution in [2.24, 2.45) is 7.05 Å². The van der Waals surface area contributed by atoms with E-state index in [1.54, 1.807) is 4.68 Å². The molecular formula is C16H22ClN3O. The van der Waals surface area contributed by atoms with Gasteiger partial charge in [-0.3, -0.25) is 4.68 Å². The van der Waals surface area contributed by atoms with Crippen LogP contribution < -0.4 is 10.1 Å². The summed E-state index contributed by atoms with van der Waals surface area (Å²) in [5.41, 5.74) is 2.20. The van der Waals surface area contributed by atoms with Crippen LogP contribution >= 0.6 is 11.6 Å². The highest BCUT2D eigenvalue weighted by atomic mass is 35.5. The third-order valence-electron chi connectivity index (χ3n) is 3.21. The molecule has 0 saturated carbocycles. The van der Waals surface area contributed by atoms with Gasteiger partial charge in [0.05, 0.1) is 12.8 Å². The van der Waals surface area contributed by atoms with Crippen molar-refractivity contribution >= 4 is 11.6 Å². The van der Waals surface area contributed by atoms with Crippen molar-refractivity contribution in [3.8, 4) is 5.75 Å². The molecule has 0 aliphatic rings. The van der Waals surface area contributed by atoms with Crippen molar-refractivity contribution in [2.45, 2.75) is 26.3 Å². The van der Waals surface area contributed by atoms with Crippen LogP contribution in [0.15, 0.2) is 30.6 Å². The molecule has 21 heavy (non-hydrogen) atoms. The Hall–Kier alpha value is -1.52. The number of aromatic nitrogens is 2. The molecule has 5 heteroatoms. The van der Waals surface area contributed by atoms with E-state index in [-0.39, 0.29) is 0 Å². The van der Waals surface area contributed by atoms with Gasteiger partial charge in [-0.25, -0.2) is 0 Å². The molecule has 1 aromatic heterocycles. The molecule has 0 spiro atoms. The molecule has 0 radical (unpaired) electrons. The summed E-state index contributed by atoms with van der Waals surface area (Å²) >= 11 is 6.27. The topological polar surface area (TPSA) is 39.1 Å². The average Bonchev–Trinajstić information content (AvgIpc) is 2.87. The predicted octanol–water partition coefficient (Wildman–Crippen LogP) is 3.19. The molecule has 0 amide bonds. The summed E-state index contributed by atoms with van der Waals surface area (Å²) in [5, 5.41) is 8.27. The summed E-state index contributed by atoms with van der Waals surface area (Å²) in [6.07, 6.45) is 5.81. The average molecular weight is 308 g/mol. The monoisotopic (exact) mass is 307 g/mol. The Morgan fingerprint density at radius 1 is 1.38 bits per heavy atom. The molecule has 4 nitrogen and oxygen atoms in total. The van der Waals surface area contributed by atoms with Crippen molar-refractivity contribution in [1.29, 1.82) is 0 Å². The van der Waals surface area contributed by atoms with E-state index < -0.39 is 0 Å². The highest BCUT2D eigenvalue weighted by Crippen LogP contribution is 2.26. The summed E-state index contributed by atoms with van der Waals surface area (Å²) in [7, 11) is 1.92. The second kappa shape index (κ2) is 8.05. The molecule has 0 bridgehead atoms. The molecule has 1 aromatic carbocycles. The van der Waals surface area contributed by atoms with Gasteiger partial charge in [-0.05, 0) is 30.7 Å². The van der Waals surface area contributed by atoms with Gasteiger partial charge in [-0.1, -0.05) is 24.6 Å². The number of hydrogen-bond donors (Lipinski definition) is 1. The van der Waals surface area contributed by atoms with Crippen LogP contribution in [0.3, 0.4) is 0 Å². The minimum absolute atomic E-state index is 0.618. The van der Waals surface area contributed by atoms with Gasteiger partial charge in [-0.2, -0.15) is 5.10 Å². The molecule has 2 rings (SSSR count). The van der Waals surface area contributed by atoms with Crippen LogP contribution in [-0.4, -0.2) is 22.9 Å². The maximum atomic E-state index is 6.27. The first-order valence-electron chi connectivity index (χ1n) is 7.29. The number of benzene rings is 1. The van der Waals surface area contributed by atoms with Crippen LogP contribution in [0.5, 0.6) is 5.75 Å². The molecule has 1 heterocycles. The Morgan fingerprint density at radius 3 is 2.95 bits per heavy atom. The first-order valence-corrected chi connectivity index (χ1v) is 7.67. The van der Waals surface area contributed by atoms with E-state index >= 15 is 0 Å². The Morgan fingerprint density at radius 2 is 2.24 bits per heavy atom. The van der Waals surface area contributed by atoms with Gasteiger partial charge in [0.2, 0.25) is 0 Å². The van der Waals surface area contributed by atoms with E-state index in [2.05, 4.69) is 17.3 Å². The molecule has 0 unspecified atom stereocenters. The summed E-state index contributed by atoms with van der Waals surface area (Å²) in [4.78, 5) is 0. The summed E-state index contributed by atoms with van der Waals surface area (Å²) < 4.78 is 7.70. The van der Waals surface area contributed by atoms with Crippen LogP contribution in [0.1, 0.15) is 24.5 Å². The van der Waals surface area contributed by atoms with E-state index in [1.165, 1.54) is 5.56 Å². The highest BCUT2D eigenvalue weighted by molar-refractivity contribution is 6.31. The Labute approximate surface area is 131 Å². The Bertz CT molecular complexity index is 568. The molecule has 2 aromatic rings. The van der Waals surface area contributed by atoms with E-state index in [0.29, 0.717) is 6.61 Å². The predicted molar refractivity (Wildman–Crippen MR) is 85.9 cm³/mol. The fourth-order valence-electron chi connectivity index (χ4n) is 2.12. The third-order valence-corrected chi connectivity index (χ3v) is 3.57. The lowest BCUT2D eigenvalue weighted by Crippen LogP contribution is -2.15. The fourth-order valence-corrected chi connectivity index (χ4v) is 2.35. The van der Waals surface area contributed by atoms with Crippen molar-refractivity contribution in [1.82, 2.24) is 15.1 Å². The lowest BCUT2D eigenvalue weighted by molar-refractivity contribution is 0.317. The summed E-state index contributed by atoms with van der Waals surface area (Å²) in [6.45, 7) is 4.47. The molecule has 1 N–H and O–H groups in total. The number of aryl methyl sites for hydroxylation is 1. The second-order valence-electron chi connectivity index (χ2n) is 5.01. The van der Waals surface area contributed by atoms with Crippen molar-refractivity contribution in [2.75, 3.05) is 13.2 Å². The van der Waals surface area contributed by atoms with Crippen LogP contribution in [0.4, 0.5) is 0 Å². The molecule has 0 atom stereocenters. The van der Waals surface area contributed by atoms with Gasteiger partial charge < -0.3 is 10.1 Å². The molecule has 0 aliphatic carbocycles. The standard InChI is InChI=1S/C16H22ClN3O/c1-3-8-18-11-14-15(17)5-4-6-16(14)21-9-7-13-10-19-20(2)12-13/h4-6,10,12,18H,3,7-9,11H2,1-2H3. The molecule has 0 aliphatic heterocycles. The van der Waals surface area contributed by atoms with Crippen molar-refractivity contribution in [3.63, 3.8) is 0 Å². The molecule has 0 fully saturated rings. The van der Waals surface area contributed by atoms with Gasteiger partial charge in [0.25, 0.3) is 0 Å². The van der Waals surface area contributed by atoms with Crippen molar-refractivity contribution < 1.29 is 4.74 Å². The first-order chi connectivity index (χ1) is 10.2. The van der Waals surface area contributed by atoms with Gasteiger partial charge >= 0.3 is 0 Å². The van der Waals surface area contributed by atoms with Crippen molar-refractivity contribution in [3.05, 3.63) is 46.7 Å². The van der Waals surface area contributed by atoms with E-state index in [1.807, 2.05) is 37.6 Å². The number of halogens is 1. The minimum atomic E-state index is 0.618. The van der Waals surface area contributed by atoms with Crippen LogP contribution in [0.2, 0.25) is 5.02 Å². The zero-order chi connectivity index (χ0) is 15.1. The zero-order valence-corrected chi connectivity index (χ0v) is 13.4. The largest absolute Gasteiger partial charge is 0.493 e. The third kappa shape index (κ3) is 4.76. The zero-order valence-electron chi connectivity index (χ0n) is 12.6. The van der Waals surface area contributed by atoms with Gasteiger partial charge in [0.15, 0.2) is 0 Å². The molecular weight excluding hydrogens is 286 g/mol. The number of hydrogen-bond acceptors (Lipinski definition) is 3. The van der Waals surface area contributed by atoms with Gasteiger partial charge in [0, 0.05) is 36.8 Å². The quantitative estimate of drug-likeness (QED) is 0.761. The lowest BCUT2D eigenvalue weighted by Gasteiger charge is -2.13. The summed E-state index contributed by atoms with van der Waals surface area (Å²) in [5.74, 6) is 0.856. The van der Waals surface area contributed by atoms with E-state index in [0.717, 1.165) is 42.3 Å². The van der Waals surface area contributed by atoms with Gasteiger partial charge in [0.1, 0.15) is 5.75 Å². The molecule has 114 valence electrons. The van der Waals surface area contributed by atoms with E-state index in [9.17, 15) is 0 Å². The summed E-state index contributed by atoms with van der Waals surface area (Å²) in [6, 6.07) is 5.79. The van der Waals surface area contributed by atoms with Crippen LogP contribution in [0, 0.1) is 0 Å². The number of nitrogens with zero attached hydrogens (tertiary/aromatic N) is 2. The van der Waals surface area contributed by atoms with Crippen LogP contribution in [0.25, 0.3) is 0 Å². The number of nitrogens with one attached hydrogen (secondary N) is 1. The maximum Gasteiger partial charge on any atom is 0.125 e. The normalized spacial score (nSPS) is 10.8. The lowest BCUT2D eigenvalue weighted by atomic mass is 10.2. The number of rotatable bonds is 8. The Balaban J connectivity index is 1.93. The maximum absolute atomic E-state index is 6.27. The highest BCUT2D eigenvalue weighted by Gasteiger charge is 2.08. The van der Waals surface area contributed by atoms with Crippen LogP contribution in [-0.2, 0) is 20.0 Å². The number of ether oxygens (including phenoxy) is 1. The SMILES string of the molecule is CCCNCc1c(Cl)cccc1OCCc1cnn(C)c1. The fraction of sp³-hybridized carbons (Fsp3) is 0.438. The van der Waals surface area contributed by atoms with E-state index in [4.69, 9.17) is 16.3 Å². The first kappa shape index (κ1) is 15.9. The Kier molecular flexibility index (Phi) is 6.08. The smallest absolute Gasteiger partial charge is 0.125 e. The molecule has 0 saturated heterocycles. The minimum Gasteiger partial charge on any atom is -0.493 e. The second-order valence-corrected chi connectivity index (χ2v) is 5.42. The van der Waals surface area contributed by atoms with Gasteiger partial charge in [-0.15, -0.1) is 0 Å².